The van der Waals surface area contributed by atoms with Crippen molar-refractivity contribution in [3.8, 4) is 5.97 Å². The Kier molecular flexibility index (Phi) is 4.70. The minimum atomic E-state index is -5.48. The zero-order valence-corrected chi connectivity index (χ0v) is 8.17. The Balaban J connectivity index is 0.00000256. The van der Waals surface area contributed by atoms with E-state index >= 15 is 0 Å². The average Bonchev–Trinajstić information content (AvgIpc) is 2.23. The molecule has 10 heteroatoms. The summed E-state index contributed by atoms with van der Waals surface area (Å²) in [4.78, 5) is 0. The molecule has 0 radical (unpaired) electrons. The molecule has 0 aliphatic heterocycles. The van der Waals surface area contributed by atoms with Gasteiger partial charge in [-0.3, -0.25) is 0 Å². The number of hydrogen-bond donors (Lipinski definition) is 0. The predicted octanol–water partition coefficient (Wildman–Crippen LogP) is -0.963. The summed E-state index contributed by atoms with van der Waals surface area (Å²) < 4.78 is 88.2. The first-order valence-electron chi connectivity index (χ1n) is 3.68. The van der Waals surface area contributed by atoms with Crippen LogP contribution in [0.3, 0.4) is 0 Å². The molecule has 0 saturated heterocycles. The second kappa shape index (κ2) is 5.03. The van der Waals surface area contributed by atoms with Crippen molar-refractivity contribution in [3.05, 3.63) is 29.1 Å². The van der Waals surface area contributed by atoms with Gasteiger partial charge in [0.15, 0.2) is 17.5 Å². The van der Waals surface area contributed by atoms with Crippen molar-refractivity contribution in [1.29, 1.82) is 5.26 Å². The summed E-state index contributed by atoms with van der Waals surface area (Å²) >= 11 is 0. The molecule has 0 saturated carbocycles. The van der Waals surface area contributed by atoms with Crippen LogP contribution in [0.4, 0.5) is 30.6 Å². The van der Waals surface area contributed by atoms with Gasteiger partial charge in [-0.25, -0.2) is 27.2 Å². The standard InChI is InChI=1S/C7BF7N.Li/c9-3-2(8(14,15)1-16)4(10)6(12)7(13)5(3)11;/q-1;+1. The van der Waals surface area contributed by atoms with Crippen molar-refractivity contribution in [3.63, 3.8) is 0 Å². The zero-order chi connectivity index (χ0) is 12.7. The molecule has 0 aliphatic carbocycles. The van der Waals surface area contributed by atoms with Crippen LogP contribution in [0.2, 0.25) is 0 Å². The SMILES string of the molecule is N#C[B-](F)(F)c1c(F)c(F)c(F)c(F)c1F.[Li+]. The predicted molar refractivity (Wildman–Crippen MR) is 39.4 cm³/mol. The summed E-state index contributed by atoms with van der Waals surface area (Å²) in [6, 6.07) is 0. The first-order chi connectivity index (χ1) is 7.24. The third-order valence-electron chi connectivity index (χ3n) is 1.77. The molecular weight excluding hydrogens is 249 g/mol. The monoisotopic (exact) mass is 249 g/mol. The summed E-state index contributed by atoms with van der Waals surface area (Å²) in [6.07, 6.45) is 0. The molecule has 1 rings (SSSR count). The molecule has 0 heterocycles. The third kappa shape index (κ3) is 2.43. The Bertz CT molecular complexity index is 469. The topological polar surface area (TPSA) is 23.8 Å². The molecule has 0 fully saturated rings. The number of nitrogens with zero attached hydrogens (tertiary/aromatic N) is 1. The Morgan fingerprint density at radius 1 is 0.765 bits per heavy atom. The van der Waals surface area contributed by atoms with Crippen molar-refractivity contribution in [2.75, 3.05) is 0 Å². The van der Waals surface area contributed by atoms with Crippen LogP contribution < -0.4 is 24.3 Å². The molecule has 0 unspecified atom stereocenters. The fourth-order valence-electron chi connectivity index (χ4n) is 1.00. The summed E-state index contributed by atoms with van der Waals surface area (Å²) in [5, 5.41) is 7.90. The van der Waals surface area contributed by atoms with Crippen molar-refractivity contribution in [1.82, 2.24) is 0 Å². The van der Waals surface area contributed by atoms with Crippen molar-refractivity contribution in [2.24, 2.45) is 0 Å². The van der Waals surface area contributed by atoms with E-state index < -0.39 is 41.2 Å². The molecule has 17 heavy (non-hydrogen) atoms. The van der Waals surface area contributed by atoms with Gasteiger partial charge in [-0.05, 0) is 0 Å². The molecule has 1 aromatic rings. The van der Waals surface area contributed by atoms with Crippen LogP contribution in [0.15, 0.2) is 0 Å². The maximum atomic E-state index is 12.7. The molecule has 0 bridgehead atoms. The Labute approximate surface area is 102 Å². The molecule has 0 aromatic heterocycles. The second-order valence-corrected chi connectivity index (χ2v) is 2.78. The quantitative estimate of drug-likeness (QED) is 0.272. The van der Waals surface area contributed by atoms with E-state index in [0.717, 1.165) is 0 Å². The first kappa shape index (κ1) is 15.9. The first-order valence-corrected chi connectivity index (χ1v) is 3.68. The van der Waals surface area contributed by atoms with Gasteiger partial charge in [0.2, 0.25) is 0 Å². The van der Waals surface area contributed by atoms with Crippen LogP contribution >= 0.6 is 0 Å². The van der Waals surface area contributed by atoms with Crippen LogP contribution in [-0.4, -0.2) is 6.70 Å². The van der Waals surface area contributed by atoms with Crippen LogP contribution in [-0.2, 0) is 0 Å². The molecule has 1 nitrogen and oxygen atoms in total. The van der Waals surface area contributed by atoms with Crippen LogP contribution in [0.5, 0.6) is 0 Å². The molecular formula is C7BF7LiN. The van der Waals surface area contributed by atoms with Gasteiger partial charge in [0.25, 0.3) is 0 Å². The van der Waals surface area contributed by atoms with Crippen LogP contribution in [0.1, 0.15) is 0 Å². The molecule has 0 atom stereocenters. The summed E-state index contributed by atoms with van der Waals surface area (Å²) in [7, 11) is 0. The minimum absolute atomic E-state index is 0. The van der Waals surface area contributed by atoms with E-state index in [1.165, 1.54) is 0 Å². The van der Waals surface area contributed by atoms with Gasteiger partial charge in [-0.15, -0.1) is 0 Å². The Hall–Kier alpha value is -1.12. The van der Waals surface area contributed by atoms with Crippen LogP contribution in [0.25, 0.3) is 0 Å². The molecule has 0 N–H and O–H groups in total. The normalized spacial score (nSPS) is 10.7. The number of halogens is 7. The van der Waals surface area contributed by atoms with Gasteiger partial charge in [0, 0.05) is 0 Å². The number of nitriles is 1. The van der Waals surface area contributed by atoms with Gasteiger partial charge in [-0.2, -0.15) is 0 Å². The maximum absolute atomic E-state index is 12.7. The van der Waals surface area contributed by atoms with Gasteiger partial charge in [-0.1, -0.05) is 11.4 Å². The van der Waals surface area contributed by atoms with E-state index in [-0.39, 0.29) is 24.8 Å². The smallest absolute Gasteiger partial charge is 0.461 e. The largest absolute Gasteiger partial charge is 1.00 e. The van der Waals surface area contributed by atoms with E-state index in [0.29, 0.717) is 0 Å². The number of rotatable bonds is 1. The Morgan fingerprint density at radius 2 is 1.06 bits per heavy atom. The number of hydrogen-bond acceptors (Lipinski definition) is 1. The van der Waals surface area contributed by atoms with Gasteiger partial charge in [0.1, 0.15) is 11.6 Å². The van der Waals surface area contributed by atoms with E-state index in [4.69, 9.17) is 5.26 Å². The average molecular weight is 249 g/mol. The Morgan fingerprint density at radius 3 is 1.35 bits per heavy atom. The fourth-order valence-corrected chi connectivity index (χ4v) is 1.00. The van der Waals surface area contributed by atoms with Gasteiger partial charge < -0.3 is 8.63 Å². The molecule has 1 aromatic carbocycles. The van der Waals surface area contributed by atoms with Gasteiger partial charge in [0.05, 0.1) is 0 Å². The van der Waals surface area contributed by atoms with Crippen molar-refractivity contribution in [2.45, 2.75) is 0 Å². The molecule has 0 amide bonds. The minimum Gasteiger partial charge on any atom is -0.461 e. The van der Waals surface area contributed by atoms with Gasteiger partial charge >= 0.3 is 25.6 Å². The summed E-state index contributed by atoms with van der Waals surface area (Å²) in [5.41, 5.74) is -2.39. The number of benzene rings is 1. The van der Waals surface area contributed by atoms with E-state index in [9.17, 15) is 30.6 Å². The second-order valence-electron chi connectivity index (χ2n) is 2.78. The van der Waals surface area contributed by atoms with E-state index in [1.807, 2.05) is 0 Å². The van der Waals surface area contributed by atoms with Crippen LogP contribution in [0, 0.1) is 40.3 Å². The molecule has 0 spiro atoms. The summed E-state index contributed by atoms with van der Waals surface area (Å²) in [6.45, 7) is -5.48. The zero-order valence-electron chi connectivity index (χ0n) is 8.17. The van der Waals surface area contributed by atoms with E-state index in [2.05, 4.69) is 0 Å². The van der Waals surface area contributed by atoms with E-state index in [1.54, 1.807) is 0 Å². The summed E-state index contributed by atoms with van der Waals surface area (Å²) in [5.74, 6) is -12.7. The van der Waals surface area contributed by atoms with Crippen molar-refractivity contribution < 1.29 is 49.4 Å². The third-order valence-corrected chi connectivity index (χ3v) is 1.77. The van der Waals surface area contributed by atoms with Crippen molar-refractivity contribution >= 4 is 12.2 Å². The molecule has 86 valence electrons. The fraction of sp³-hybridized carbons (Fsp3) is 0. The molecule has 0 aliphatic rings. The maximum Gasteiger partial charge on any atom is 1.00 e.